The Hall–Kier alpha value is -2.28. The van der Waals surface area contributed by atoms with E-state index in [1.54, 1.807) is 0 Å². The molecule has 1 aromatic heterocycles. The van der Waals surface area contributed by atoms with Gasteiger partial charge >= 0.3 is 0 Å². The quantitative estimate of drug-likeness (QED) is 0.387. The first-order chi connectivity index (χ1) is 17.7. The summed E-state index contributed by atoms with van der Waals surface area (Å²) in [5.41, 5.74) is 9.76. The fraction of sp³-hybridized carbons (Fsp3) is 0.500. The maximum absolute atomic E-state index is 5.01. The average Bonchev–Trinajstić information content (AvgIpc) is 3.16. The van der Waals surface area contributed by atoms with Gasteiger partial charge in [0.25, 0.3) is 0 Å². The number of hydrogen-bond donors (Lipinski definition) is 2. The molecule has 0 spiro atoms. The zero-order valence-electron chi connectivity index (χ0n) is 22.7. The number of aryl methyl sites for hydroxylation is 1. The lowest BCUT2D eigenvalue weighted by Gasteiger charge is -2.50. The second kappa shape index (κ2) is 13.9. The SMILES string of the molecule is C=C.CC.CSN.Cc1cc(N2CC3CC(C2)N3)c2c(n1)CN(C1=CCCC3=C1C=CCC=C3)CC2. The Bertz CT molecular complexity index is 993. The van der Waals surface area contributed by atoms with Crippen molar-refractivity contribution in [2.24, 2.45) is 5.14 Å². The van der Waals surface area contributed by atoms with E-state index in [4.69, 9.17) is 10.1 Å². The highest BCUT2D eigenvalue weighted by atomic mass is 32.2. The minimum absolute atomic E-state index is 0.686. The topological polar surface area (TPSA) is 57.4 Å². The van der Waals surface area contributed by atoms with Gasteiger partial charge in [0.2, 0.25) is 0 Å². The van der Waals surface area contributed by atoms with Crippen molar-refractivity contribution in [3.8, 4) is 0 Å². The summed E-state index contributed by atoms with van der Waals surface area (Å²) in [5, 5.41) is 8.43. The number of hydrogen-bond acceptors (Lipinski definition) is 6. The monoisotopic (exact) mass is 507 g/mol. The van der Waals surface area contributed by atoms with Gasteiger partial charge in [-0.05, 0) is 56.9 Å². The molecule has 5 nitrogen and oxygen atoms in total. The third-order valence-corrected chi connectivity index (χ3v) is 7.14. The van der Waals surface area contributed by atoms with Crippen LogP contribution in [0.2, 0.25) is 0 Å². The molecular formula is C30H45N5S. The smallest absolute Gasteiger partial charge is 0.0653 e. The Morgan fingerprint density at radius 2 is 1.75 bits per heavy atom. The number of allylic oxidation sites excluding steroid dienone is 6. The van der Waals surface area contributed by atoms with Gasteiger partial charge in [-0.15, -0.1) is 13.2 Å². The van der Waals surface area contributed by atoms with Gasteiger partial charge in [0.15, 0.2) is 0 Å². The Morgan fingerprint density at radius 3 is 2.44 bits per heavy atom. The van der Waals surface area contributed by atoms with Crippen LogP contribution < -0.4 is 15.4 Å². The molecule has 0 radical (unpaired) electrons. The molecule has 6 heteroatoms. The van der Waals surface area contributed by atoms with Crippen molar-refractivity contribution in [2.45, 2.75) is 71.5 Å². The number of anilines is 1. The number of nitrogens with zero attached hydrogens (tertiary/aromatic N) is 3. The molecule has 6 aliphatic rings. The molecule has 3 N–H and O–H groups in total. The highest BCUT2D eigenvalue weighted by Crippen LogP contribution is 2.37. The number of nitrogens with one attached hydrogen (secondary N) is 1. The molecule has 4 aliphatic heterocycles. The van der Waals surface area contributed by atoms with E-state index in [2.05, 4.69) is 71.6 Å². The molecule has 2 atom stereocenters. The van der Waals surface area contributed by atoms with Gasteiger partial charge < -0.3 is 15.1 Å². The molecule has 36 heavy (non-hydrogen) atoms. The minimum atomic E-state index is 0.686. The number of rotatable bonds is 2. The fourth-order valence-electron chi connectivity index (χ4n) is 5.77. The maximum Gasteiger partial charge on any atom is 0.0653 e. The van der Waals surface area contributed by atoms with E-state index in [0.717, 1.165) is 57.6 Å². The van der Waals surface area contributed by atoms with Crippen LogP contribution in [0.5, 0.6) is 0 Å². The molecule has 3 saturated heterocycles. The standard InChI is InChI=1S/C25H30N4.C2H6.C2H4.CH5NS/c1-17-12-25(29-14-19-13-20(15-29)27-19)22-10-11-28(16-23(22)26-17)24-9-5-7-18-6-3-2-4-8-21(18)24;2*1-2;1-3-2/h3-4,6,8-9,12,19-20,27H,2,5,7,10-11,13-16H2,1H3;1-2H3;1-2H2;2H2,1H3. The third-order valence-electron chi connectivity index (χ3n) is 7.14. The zero-order chi connectivity index (χ0) is 26.1. The highest BCUT2D eigenvalue weighted by Gasteiger charge is 2.38. The van der Waals surface area contributed by atoms with Gasteiger partial charge in [-0.25, -0.2) is 0 Å². The van der Waals surface area contributed by atoms with E-state index < -0.39 is 0 Å². The number of pyridine rings is 1. The predicted octanol–water partition coefficient (Wildman–Crippen LogP) is 5.84. The highest BCUT2D eigenvalue weighted by molar-refractivity contribution is 7.96. The third kappa shape index (κ3) is 6.34. The van der Waals surface area contributed by atoms with Gasteiger partial charge in [0.1, 0.15) is 0 Å². The van der Waals surface area contributed by atoms with E-state index >= 15 is 0 Å². The lowest BCUT2D eigenvalue weighted by Crippen LogP contribution is -2.67. The van der Waals surface area contributed by atoms with Crippen molar-refractivity contribution in [1.29, 1.82) is 0 Å². The number of fused-ring (bicyclic) bond motifs is 3. The largest absolute Gasteiger partial charge is 0.368 e. The summed E-state index contributed by atoms with van der Waals surface area (Å²) in [7, 11) is 0. The first-order valence-electron chi connectivity index (χ1n) is 13.4. The summed E-state index contributed by atoms with van der Waals surface area (Å²) >= 11 is 1.25. The summed E-state index contributed by atoms with van der Waals surface area (Å²) in [4.78, 5) is 10.2. The second-order valence-electron chi connectivity index (χ2n) is 9.42. The van der Waals surface area contributed by atoms with E-state index in [9.17, 15) is 0 Å². The van der Waals surface area contributed by atoms with Crippen LogP contribution >= 0.6 is 11.9 Å². The van der Waals surface area contributed by atoms with E-state index in [-0.39, 0.29) is 0 Å². The van der Waals surface area contributed by atoms with Crippen LogP contribution in [0.25, 0.3) is 0 Å². The normalized spacial score (nSPS) is 23.2. The number of piperazine rings is 1. The molecule has 0 aromatic carbocycles. The van der Waals surface area contributed by atoms with Crippen molar-refractivity contribution < 1.29 is 0 Å². The summed E-state index contributed by atoms with van der Waals surface area (Å²) in [5.74, 6) is 0. The van der Waals surface area contributed by atoms with Crippen LogP contribution in [-0.2, 0) is 13.0 Å². The van der Waals surface area contributed by atoms with Crippen molar-refractivity contribution >= 4 is 17.6 Å². The zero-order valence-corrected chi connectivity index (χ0v) is 23.5. The maximum atomic E-state index is 5.01. The van der Waals surface area contributed by atoms with Crippen LogP contribution in [0.15, 0.2) is 66.4 Å². The Morgan fingerprint density at radius 1 is 1.08 bits per heavy atom. The van der Waals surface area contributed by atoms with Gasteiger partial charge in [0, 0.05) is 59.9 Å². The van der Waals surface area contributed by atoms with Crippen molar-refractivity contribution in [1.82, 2.24) is 15.2 Å². The molecule has 2 bridgehead atoms. The number of nitrogens with two attached hydrogens (primary N) is 1. The molecule has 0 amide bonds. The van der Waals surface area contributed by atoms with Crippen LogP contribution in [0.3, 0.4) is 0 Å². The van der Waals surface area contributed by atoms with Gasteiger partial charge in [-0.1, -0.05) is 56.2 Å². The average molecular weight is 508 g/mol. The summed E-state index contributed by atoms with van der Waals surface area (Å²) in [6.07, 6.45) is 19.3. The molecule has 2 aliphatic carbocycles. The molecule has 5 heterocycles. The van der Waals surface area contributed by atoms with Crippen LogP contribution in [-0.4, -0.2) is 47.9 Å². The van der Waals surface area contributed by atoms with Gasteiger partial charge in [-0.2, -0.15) is 0 Å². The summed E-state index contributed by atoms with van der Waals surface area (Å²) in [6.45, 7) is 16.5. The Balaban J connectivity index is 0.000000473. The van der Waals surface area contributed by atoms with Gasteiger partial charge in [-0.3, -0.25) is 10.1 Å². The van der Waals surface area contributed by atoms with Gasteiger partial charge in [0.05, 0.1) is 12.2 Å². The Kier molecular flexibility index (Phi) is 10.9. The van der Waals surface area contributed by atoms with Crippen LogP contribution in [0, 0.1) is 6.92 Å². The molecule has 0 saturated carbocycles. The Labute approximate surface area is 223 Å². The minimum Gasteiger partial charge on any atom is -0.368 e. The summed E-state index contributed by atoms with van der Waals surface area (Å²) in [6, 6.07) is 3.70. The van der Waals surface area contributed by atoms with Crippen molar-refractivity contribution in [3.05, 3.63) is 83.4 Å². The number of aromatic nitrogens is 1. The lowest BCUT2D eigenvalue weighted by atomic mass is 9.89. The van der Waals surface area contributed by atoms with E-state index in [1.807, 2.05) is 20.1 Å². The van der Waals surface area contributed by atoms with Crippen LogP contribution in [0.1, 0.15) is 56.5 Å². The molecule has 196 valence electrons. The predicted molar refractivity (Wildman–Crippen MR) is 158 cm³/mol. The molecule has 3 fully saturated rings. The summed E-state index contributed by atoms with van der Waals surface area (Å²) < 4.78 is 0. The molecule has 7 rings (SSSR count). The lowest BCUT2D eigenvalue weighted by molar-refractivity contribution is 0.225. The van der Waals surface area contributed by atoms with E-state index in [0.29, 0.717) is 12.1 Å². The first kappa shape index (κ1) is 28.3. The number of piperidine rings is 1. The molecule has 2 unspecified atom stereocenters. The van der Waals surface area contributed by atoms with Crippen molar-refractivity contribution in [3.63, 3.8) is 0 Å². The van der Waals surface area contributed by atoms with Crippen molar-refractivity contribution in [2.75, 3.05) is 30.8 Å². The van der Waals surface area contributed by atoms with Crippen LogP contribution in [0.4, 0.5) is 5.69 Å². The molecule has 1 aromatic rings. The first-order valence-corrected chi connectivity index (χ1v) is 14.7. The second-order valence-corrected chi connectivity index (χ2v) is 9.90. The van der Waals surface area contributed by atoms with E-state index in [1.165, 1.54) is 52.2 Å². The fourth-order valence-corrected chi connectivity index (χ4v) is 5.77. The molecular weight excluding hydrogens is 462 g/mol.